The van der Waals surface area contributed by atoms with E-state index in [0.29, 0.717) is 29.9 Å². The smallest absolute Gasteiger partial charge is 0.234 e. The normalized spacial score (nSPS) is 10.6. The second-order valence-electron chi connectivity index (χ2n) is 5.93. The molecular formula is C20H23N5O3S. The van der Waals surface area contributed by atoms with E-state index in [9.17, 15) is 4.79 Å². The molecule has 3 N–H and O–H groups in total. The molecule has 8 nitrogen and oxygen atoms in total. The van der Waals surface area contributed by atoms with Gasteiger partial charge in [0.05, 0.1) is 19.0 Å². The summed E-state index contributed by atoms with van der Waals surface area (Å²) in [5.74, 6) is 8.16. The maximum absolute atomic E-state index is 12.2. The van der Waals surface area contributed by atoms with Crippen LogP contribution in [0, 0.1) is 0 Å². The molecule has 2 aromatic carbocycles. The second kappa shape index (κ2) is 9.83. The number of hydrogen-bond acceptors (Lipinski definition) is 7. The Morgan fingerprint density at radius 3 is 2.17 bits per heavy atom. The number of nitrogens with zero attached hydrogens (tertiary/aromatic N) is 3. The Labute approximate surface area is 173 Å². The van der Waals surface area contributed by atoms with Crippen molar-refractivity contribution in [1.29, 1.82) is 0 Å². The zero-order chi connectivity index (χ0) is 20.6. The highest BCUT2D eigenvalue weighted by Gasteiger charge is 2.14. The van der Waals surface area contributed by atoms with Gasteiger partial charge in [-0.05, 0) is 62.4 Å². The van der Waals surface area contributed by atoms with E-state index in [1.807, 2.05) is 50.2 Å². The quantitative estimate of drug-likeness (QED) is 0.410. The van der Waals surface area contributed by atoms with E-state index in [0.717, 1.165) is 17.1 Å². The topological polar surface area (TPSA) is 104 Å². The van der Waals surface area contributed by atoms with Crippen molar-refractivity contribution in [2.24, 2.45) is 0 Å². The molecule has 0 saturated heterocycles. The number of hydrogen-bond donors (Lipinski definition) is 2. The van der Waals surface area contributed by atoms with E-state index in [4.69, 9.17) is 15.3 Å². The Balaban J connectivity index is 1.57. The van der Waals surface area contributed by atoms with Crippen molar-refractivity contribution in [2.45, 2.75) is 19.0 Å². The SMILES string of the molecule is CCOc1ccc(NC(=O)CSc2nnc(-c3ccc(OCC)cc3)n2N)cc1. The molecule has 0 fully saturated rings. The molecule has 0 spiro atoms. The Kier molecular flexibility index (Phi) is 6.96. The largest absolute Gasteiger partial charge is 0.494 e. The summed E-state index contributed by atoms with van der Waals surface area (Å²) < 4.78 is 12.2. The molecule has 29 heavy (non-hydrogen) atoms. The summed E-state index contributed by atoms with van der Waals surface area (Å²) in [6.45, 7) is 5.05. The Morgan fingerprint density at radius 2 is 1.59 bits per heavy atom. The highest BCUT2D eigenvalue weighted by molar-refractivity contribution is 7.99. The van der Waals surface area contributed by atoms with Gasteiger partial charge < -0.3 is 20.6 Å². The Morgan fingerprint density at radius 1 is 1.00 bits per heavy atom. The molecule has 1 aromatic heterocycles. The second-order valence-corrected chi connectivity index (χ2v) is 6.87. The Bertz CT molecular complexity index is 942. The van der Waals surface area contributed by atoms with Crippen LogP contribution in [0.3, 0.4) is 0 Å². The van der Waals surface area contributed by atoms with Crippen LogP contribution in [0.1, 0.15) is 13.8 Å². The molecule has 0 aliphatic rings. The van der Waals surface area contributed by atoms with Gasteiger partial charge in [0, 0.05) is 11.3 Å². The number of carbonyl (C=O) groups is 1. The third-order valence-electron chi connectivity index (χ3n) is 3.87. The zero-order valence-corrected chi connectivity index (χ0v) is 17.1. The number of rotatable bonds is 9. The van der Waals surface area contributed by atoms with E-state index in [2.05, 4.69) is 15.5 Å². The molecule has 1 amide bonds. The van der Waals surface area contributed by atoms with Gasteiger partial charge in [-0.25, -0.2) is 4.68 Å². The minimum atomic E-state index is -0.162. The fourth-order valence-electron chi connectivity index (χ4n) is 2.57. The number of nitrogen functional groups attached to an aromatic ring is 1. The molecule has 1 heterocycles. The molecule has 0 saturated carbocycles. The molecule has 9 heteroatoms. The summed E-state index contributed by atoms with van der Waals surface area (Å²) in [5.41, 5.74) is 1.51. The average Bonchev–Trinajstić information content (AvgIpc) is 3.09. The highest BCUT2D eigenvalue weighted by Crippen LogP contribution is 2.24. The molecule has 0 atom stereocenters. The van der Waals surface area contributed by atoms with Crippen molar-refractivity contribution < 1.29 is 14.3 Å². The number of aromatic nitrogens is 3. The van der Waals surface area contributed by atoms with Crippen LogP contribution in [-0.2, 0) is 4.79 Å². The van der Waals surface area contributed by atoms with Crippen LogP contribution in [-0.4, -0.2) is 39.7 Å². The van der Waals surface area contributed by atoms with Gasteiger partial charge in [-0.1, -0.05) is 11.8 Å². The summed E-state index contributed by atoms with van der Waals surface area (Å²) >= 11 is 1.22. The van der Waals surface area contributed by atoms with Gasteiger partial charge in [0.15, 0.2) is 5.82 Å². The molecular weight excluding hydrogens is 390 g/mol. The predicted molar refractivity (Wildman–Crippen MR) is 114 cm³/mol. The van der Waals surface area contributed by atoms with Crippen LogP contribution < -0.4 is 20.6 Å². The summed E-state index contributed by atoms with van der Waals surface area (Å²) in [6.07, 6.45) is 0. The molecule has 0 aliphatic heterocycles. The van der Waals surface area contributed by atoms with Gasteiger partial charge in [-0.15, -0.1) is 10.2 Å². The van der Waals surface area contributed by atoms with Gasteiger partial charge in [-0.2, -0.15) is 0 Å². The lowest BCUT2D eigenvalue weighted by molar-refractivity contribution is -0.113. The van der Waals surface area contributed by atoms with E-state index < -0.39 is 0 Å². The highest BCUT2D eigenvalue weighted by atomic mass is 32.2. The monoisotopic (exact) mass is 413 g/mol. The van der Waals surface area contributed by atoms with Crippen LogP contribution in [0.4, 0.5) is 5.69 Å². The fourth-order valence-corrected chi connectivity index (χ4v) is 3.22. The molecule has 152 valence electrons. The number of ether oxygens (including phenoxy) is 2. The summed E-state index contributed by atoms with van der Waals surface area (Å²) in [5, 5.41) is 11.5. The number of benzene rings is 2. The zero-order valence-electron chi connectivity index (χ0n) is 16.3. The average molecular weight is 414 g/mol. The third-order valence-corrected chi connectivity index (χ3v) is 4.81. The lowest BCUT2D eigenvalue weighted by Crippen LogP contribution is -2.16. The summed E-state index contributed by atoms with van der Waals surface area (Å²) in [4.78, 5) is 12.2. The first kappa shape index (κ1) is 20.5. The predicted octanol–water partition coefficient (Wildman–Crippen LogP) is 3.19. The van der Waals surface area contributed by atoms with Crippen molar-refractivity contribution in [2.75, 3.05) is 30.1 Å². The number of nitrogens with two attached hydrogens (primary N) is 1. The van der Waals surface area contributed by atoms with Gasteiger partial charge in [-0.3, -0.25) is 4.79 Å². The van der Waals surface area contributed by atoms with E-state index in [1.54, 1.807) is 12.1 Å². The lowest BCUT2D eigenvalue weighted by atomic mass is 10.2. The van der Waals surface area contributed by atoms with E-state index >= 15 is 0 Å². The number of nitrogens with one attached hydrogen (secondary N) is 1. The van der Waals surface area contributed by atoms with Gasteiger partial charge in [0.2, 0.25) is 11.1 Å². The standard InChI is InChI=1S/C20H23N5O3S/c1-3-27-16-9-5-14(6-10-16)19-23-24-20(25(19)21)29-13-18(26)22-15-7-11-17(12-8-15)28-4-2/h5-12H,3-4,13,21H2,1-2H3,(H,22,26). The summed E-state index contributed by atoms with van der Waals surface area (Å²) in [7, 11) is 0. The number of anilines is 1. The van der Waals surface area contributed by atoms with Crippen molar-refractivity contribution >= 4 is 23.4 Å². The third kappa shape index (κ3) is 5.41. The maximum atomic E-state index is 12.2. The first-order chi connectivity index (χ1) is 14.1. The molecule has 3 aromatic rings. The van der Waals surface area contributed by atoms with Crippen molar-refractivity contribution in [3.63, 3.8) is 0 Å². The van der Waals surface area contributed by atoms with Gasteiger partial charge in [0.25, 0.3) is 0 Å². The van der Waals surface area contributed by atoms with Crippen LogP contribution in [0.5, 0.6) is 11.5 Å². The molecule has 3 rings (SSSR count). The van der Waals surface area contributed by atoms with Crippen molar-refractivity contribution in [3.05, 3.63) is 48.5 Å². The number of carbonyl (C=O) groups excluding carboxylic acids is 1. The number of thioether (sulfide) groups is 1. The minimum absolute atomic E-state index is 0.159. The first-order valence-corrected chi connectivity index (χ1v) is 10.2. The van der Waals surface area contributed by atoms with Crippen molar-refractivity contribution in [3.8, 4) is 22.9 Å². The molecule has 0 bridgehead atoms. The van der Waals surface area contributed by atoms with Crippen molar-refractivity contribution in [1.82, 2.24) is 14.9 Å². The maximum Gasteiger partial charge on any atom is 0.234 e. The first-order valence-electron chi connectivity index (χ1n) is 9.20. The molecule has 0 aliphatic carbocycles. The van der Waals surface area contributed by atoms with Crippen LogP contribution >= 0.6 is 11.8 Å². The molecule has 0 radical (unpaired) electrons. The lowest BCUT2D eigenvalue weighted by Gasteiger charge is -2.07. The van der Waals surface area contributed by atoms with Crippen LogP contribution in [0.2, 0.25) is 0 Å². The van der Waals surface area contributed by atoms with Crippen LogP contribution in [0.25, 0.3) is 11.4 Å². The fraction of sp³-hybridized carbons (Fsp3) is 0.250. The minimum Gasteiger partial charge on any atom is -0.494 e. The van der Waals surface area contributed by atoms with Crippen LogP contribution in [0.15, 0.2) is 53.7 Å². The van der Waals surface area contributed by atoms with Gasteiger partial charge in [0.1, 0.15) is 11.5 Å². The van der Waals surface area contributed by atoms with Gasteiger partial charge >= 0.3 is 0 Å². The van der Waals surface area contributed by atoms with E-state index in [-0.39, 0.29) is 11.7 Å². The number of amides is 1. The Hall–Kier alpha value is -3.20. The van der Waals surface area contributed by atoms with E-state index in [1.165, 1.54) is 16.4 Å². The molecule has 0 unspecified atom stereocenters. The summed E-state index contributed by atoms with van der Waals surface area (Å²) in [6, 6.07) is 14.6.